The third-order valence-electron chi connectivity index (χ3n) is 2.34. The van der Waals surface area contributed by atoms with Crippen LogP contribution in [0.25, 0.3) is 10.9 Å². The van der Waals surface area contributed by atoms with Crippen molar-refractivity contribution in [1.82, 2.24) is 4.98 Å². The molecular weight excluding hydrogens is 194 g/mol. The zero-order valence-corrected chi connectivity index (χ0v) is 8.53. The molecule has 2 rings (SSSR count). The van der Waals surface area contributed by atoms with Gasteiger partial charge >= 0.3 is 0 Å². The molecule has 4 heteroatoms. The number of rotatable bonds is 3. The number of aromatic amines is 1. The Balaban J connectivity index is 2.80. The number of hydrogen-bond acceptors (Lipinski definition) is 3. The number of nitrogens with one attached hydrogen (secondary N) is 1. The zero-order valence-electron chi connectivity index (χ0n) is 8.53. The molecule has 0 radical (unpaired) electrons. The van der Waals surface area contributed by atoms with E-state index < -0.39 is 0 Å². The van der Waals surface area contributed by atoms with Crippen molar-refractivity contribution >= 4 is 17.2 Å². The summed E-state index contributed by atoms with van der Waals surface area (Å²) >= 11 is 0. The first-order valence-corrected chi connectivity index (χ1v) is 4.49. The van der Waals surface area contributed by atoms with Gasteiger partial charge in [0.1, 0.15) is 5.75 Å². The van der Waals surface area contributed by atoms with Gasteiger partial charge in [0.15, 0.2) is 6.29 Å². The monoisotopic (exact) mass is 205 g/mol. The molecule has 1 aromatic heterocycles. The number of aldehydes is 1. The quantitative estimate of drug-likeness (QED) is 0.779. The number of ether oxygens (including phenoxy) is 2. The van der Waals surface area contributed by atoms with E-state index in [1.165, 1.54) is 7.11 Å². The SMILES string of the molecule is COc1[nH]c2c(OC)cccc2c1C=O. The Morgan fingerprint density at radius 3 is 2.67 bits per heavy atom. The normalized spacial score (nSPS) is 10.3. The molecule has 15 heavy (non-hydrogen) atoms. The Labute approximate surface area is 86.8 Å². The largest absolute Gasteiger partial charge is 0.495 e. The van der Waals surface area contributed by atoms with Gasteiger partial charge in [0.25, 0.3) is 0 Å². The van der Waals surface area contributed by atoms with Crippen molar-refractivity contribution < 1.29 is 14.3 Å². The molecule has 0 aliphatic rings. The van der Waals surface area contributed by atoms with E-state index in [1.807, 2.05) is 18.2 Å². The van der Waals surface area contributed by atoms with Gasteiger partial charge in [-0.3, -0.25) is 4.79 Å². The topological polar surface area (TPSA) is 51.3 Å². The van der Waals surface area contributed by atoms with Crippen LogP contribution < -0.4 is 9.47 Å². The van der Waals surface area contributed by atoms with Crippen LogP contribution >= 0.6 is 0 Å². The summed E-state index contributed by atoms with van der Waals surface area (Å²) in [4.78, 5) is 13.9. The van der Waals surface area contributed by atoms with E-state index in [1.54, 1.807) is 7.11 Å². The number of benzene rings is 1. The number of carbonyl (C=O) groups is 1. The van der Waals surface area contributed by atoms with Gasteiger partial charge in [0.05, 0.1) is 25.3 Å². The molecule has 0 aliphatic carbocycles. The van der Waals surface area contributed by atoms with Crippen molar-refractivity contribution in [3.8, 4) is 11.6 Å². The van der Waals surface area contributed by atoms with Crippen LogP contribution in [0, 0.1) is 0 Å². The molecule has 2 aromatic rings. The first-order chi connectivity index (χ1) is 7.31. The van der Waals surface area contributed by atoms with E-state index in [9.17, 15) is 4.79 Å². The summed E-state index contributed by atoms with van der Waals surface area (Å²) in [5.41, 5.74) is 1.30. The first kappa shape index (κ1) is 9.58. The Morgan fingerprint density at radius 1 is 1.27 bits per heavy atom. The molecule has 0 aliphatic heterocycles. The highest BCUT2D eigenvalue weighted by Gasteiger charge is 2.13. The van der Waals surface area contributed by atoms with E-state index in [4.69, 9.17) is 9.47 Å². The van der Waals surface area contributed by atoms with Crippen LogP contribution in [0.1, 0.15) is 10.4 Å². The van der Waals surface area contributed by atoms with E-state index in [0.29, 0.717) is 17.2 Å². The zero-order chi connectivity index (χ0) is 10.8. The summed E-state index contributed by atoms with van der Waals surface area (Å²) in [6.07, 6.45) is 0.775. The maximum atomic E-state index is 10.9. The molecule has 0 spiro atoms. The maximum absolute atomic E-state index is 10.9. The van der Waals surface area contributed by atoms with Crippen LogP contribution in [0.5, 0.6) is 11.6 Å². The van der Waals surface area contributed by atoms with Crippen LogP contribution in [0.3, 0.4) is 0 Å². The summed E-state index contributed by atoms with van der Waals surface area (Å²) in [6, 6.07) is 5.51. The van der Waals surface area contributed by atoms with Crippen LogP contribution in [0.15, 0.2) is 18.2 Å². The fourth-order valence-electron chi connectivity index (χ4n) is 1.64. The summed E-state index contributed by atoms with van der Waals surface area (Å²) in [7, 11) is 3.10. The fraction of sp³-hybridized carbons (Fsp3) is 0.182. The Hall–Kier alpha value is -1.97. The van der Waals surface area contributed by atoms with Crippen molar-refractivity contribution in [3.05, 3.63) is 23.8 Å². The van der Waals surface area contributed by atoms with Crippen molar-refractivity contribution in [2.45, 2.75) is 0 Å². The number of aromatic nitrogens is 1. The lowest BCUT2D eigenvalue weighted by molar-refractivity contribution is 0.112. The lowest BCUT2D eigenvalue weighted by Gasteiger charge is -1.99. The maximum Gasteiger partial charge on any atom is 0.202 e. The Morgan fingerprint density at radius 2 is 2.07 bits per heavy atom. The summed E-state index contributed by atoms with van der Waals surface area (Å²) < 4.78 is 10.3. The van der Waals surface area contributed by atoms with Gasteiger partial charge in [-0.1, -0.05) is 12.1 Å². The molecule has 1 aromatic carbocycles. The summed E-state index contributed by atoms with van der Waals surface area (Å²) in [6.45, 7) is 0. The standard InChI is InChI=1S/C11H11NO3/c1-14-9-5-3-4-7-8(6-13)11(15-2)12-10(7)9/h3-6,12H,1-2H3. The predicted molar refractivity (Wildman–Crippen MR) is 56.8 cm³/mol. The van der Waals surface area contributed by atoms with Gasteiger partial charge in [-0.15, -0.1) is 0 Å². The van der Waals surface area contributed by atoms with E-state index in [0.717, 1.165) is 17.2 Å². The average molecular weight is 205 g/mol. The number of carbonyl (C=O) groups excluding carboxylic acids is 1. The molecule has 0 atom stereocenters. The molecule has 78 valence electrons. The summed E-state index contributed by atoms with van der Waals surface area (Å²) in [5.74, 6) is 1.16. The second-order valence-corrected chi connectivity index (χ2v) is 3.07. The molecule has 0 amide bonds. The molecule has 4 nitrogen and oxygen atoms in total. The molecule has 0 unspecified atom stereocenters. The third-order valence-corrected chi connectivity index (χ3v) is 2.34. The van der Waals surface area contributed by atoms with Crippen molar-refractivity contribution in [3.63, 3.8) is 0 Å². The average Bonchev–Trinajstić information content (AvgIpc) is 2.66. The molecule has 0 saturated carbocycles. The van der Waals surface area contributed by atoms with Gasteiger partial charge in [-0.2, -0.15) is 0 Å². The van der Waals surface area contributed by atoms with Gasteiger partial charge in [0, 0.05) is 5.39 Å². The third kappa shape index (κ3) is 1.34. The van der Waals surface area contributed by atoms with Gasteiger partial charge in [0.2, 0.25) is 5.88 Å². The van der Waals surface area contributed by atoms with E-state index in [2.05, 4.69) is 4.98 Å². The molecule has 1 N–H and O–H groups in total. The van der Waals surface area contributed by atoms with E-state index in [-0.39, 0.29) is 0 Å². The highest BCUT2D eigenvalue weighted by Crippen LogP contribution is 2.32. The fourth-order valence-corrected chi connectivity index (χ4v) is 1.64. The highest BCUT2D eigenvalue weighted by atomic mass is 16.5. The molecule has 1 heterocycles. The van der Waals surface area contributed by atoms with Gasteiger partial charge < -0.3 is 14.5 Å². The lowest BCUT2D eigenvalue weighted by Crippen LogP contribution is -1.86. The van der Waals surface area contributed by atoms with Crippen LogP contribution in [-0.4, -0.2) is 25.5 Å². The second kappa shape index (κ2) is 3.65. The van der Waals surface area contributed by atoms with Gasteiger partial charge in [-0.05, 0) is 6.07 Å². The first-order valence-electron chi connectivity index (χ1n) is 4.49. The molecular formula is C11H11NO3. The Kier molecular flexibility index (Phi) is 2.33. The van der Waals surface area contributed by atoms with Crippen molar-refractivity contribution in [2.75, 3.05) is 14.2 Å². The molecule has 0 fully saturated rings. The van der Waals surface area contributed by atoms with Crippen LogP contribution in [-0.2, 0) is 0 Å². The Bertz CT molecular complexity index is 502. The van der Waals surface area contributed by atoms with Crippen LogP contribution in [0.2, 0.25) is 0 Å². The number of methoxy groups -OCH3 is 2. The molecule has 0 bridgehead atoms. The van der Waals surface area contributed by atoms with Crippen molar-refractivity contribution in [2.24, 2.45) is 0 Å². The number of H-pyrrole nitrogens is 1. The highest BCUT2D eigenvalue weighted by molar-refractivity contribution is 6.02. The predicted octanol–water partition coefficient (Wildman–Crippen LogP) is 2.00. The van der Waals surface area contributed by atoms with E-state index >= 15 is 0 Å². The minimum atomic E-state index is 0.463. The number of hydrogen-bond donors (Lipinski definition) is 1. The number of fused-ring (bicyclic) bond motifs is 1. The van der Waals surface area contributed by atoms with Crippen LogP contribution in [0.4, 0.5) is 0 Å². The summed E-state index contributed by atoms with van der Waals surface area (Å²) in [5, 5.41) is 0.807. The van der Waals surface area contributed by atoms with Crippen molar-refractivity contribution in [1.29, 1.82) is 0 Å². The number of para-hydroxylation sites is 1. The smallest absolute Gasteiger partial charge is 0.202 e. The second-order valence-electron chi connectivity index (χ2n) is 3.07. The minimum Gasteiger partial charge on any atom is -0.495 e. The molecule has 0 saturated heterocycles. The van der Waals surface area contributed by atoms with Gasteiger partial charge in [-0.25, -0.2) is 0 Å². The minimum absolute atomic E-state index is 0.463. The lowest BCUT2D eigenvalue weighted by atomic mass is 10.2.